The number of carboxylic acids is 1. The third kappa shape index (κ3) is 4.06. The largest absolute Gasteiger partial charge is 0.497 e. The van der Waals surface area contributed by atoms with Gasteiger partial charge in [-0.1, -0.05) is 0 Å². The van der Waals surface area contributed by atoms with Gasteiger partial charge < -0.3 is 19.5 Å². The molecule has 28 heavy (non-hydrogen) atoms. The molecule has 1 amide bonds. The van der Waals surface area contributed by atoms with Gasteiger partial charge in [0.15, 0.2) is 0 Å². The number of aliphatic carboxylic acids is 1. The van der Waals surface area contributed by atoms with Gasteiger partial charge in [0.05, 0.1) is 31.5 Å². The van der Waals surface area contributed by atoms with E-state index in [9.17, 15) is 14.7 Å². The molecule has 0 saturated carbocycles. The van der Waals surface area contributed by atoms with Crippen LogP contribution in [0.15, 0.2) is 36.5 Å². The van der Waals surface area contributed by atoms with E-state index in [1.54, 1.807) is 30.5 Å². The first-order valence-corrected chi connectivity index (χ1v) is 8.58. The van der Waals surface area contributed by atoms with Crippen molar-refractivity contribution >= 4 is 22.8 Å². The maximum Gasteiger partial charge on any atom is 0.323 e. The number of nitrogens with zero attached hydrogens (tertiary/aromatic N) is 2. The number of methoxy groups -OCH3 is 2. The molecule has 0 bridgehead atoms. The molecule has 0 atom stereocenters. The van der Waals surface area contributed by atoms with E-state index in [1.807, 2.05) is 13.0 Å². The Bertz CT molecular complexity index is 1010. The SMILES string of the molecule is COc1cc(CN(CC(=O)O)C(=O)c2cc(C)cc3cn[nH]c23)cc(OC)c1. The molecule has 0 aliphatic rings. The summed E-state index contributed by atoms with van der Waals surface area (Å²) < 4.78 is 10.5. The molecule has 2 aromatic carbocycles. The summed E-state index contributed by atoms with van der Waals surface area (Å²) in [5, 5.41) is 16.9. The van der Waals surface area contributed by atoms with Crippen LogP contribution in [0.1, 0.15) is 21.5 Å². The first-order chi connectivity index (χ1) is 13.4. The van der Waals surface area contributed by atoms with Crippen molar-refractivity contribution in [3.8, 4) is 11.5 Å². The van der Waals surface area contributed by atoms with Crippen LogP contribution in [-0.4, -0.2) is 52.8 Å². The van der Waals surface area contributed by atoms with Gasteiger partial charge in [-0.15, -0.1) is 0 Å². The second-order valence-electron chi connectivity index (χ2n) is 6.42. The average Bonchev–Trinajstić information content (AvgIpc) is 3.13. The Morgan fingerprint density at radius 3 is 2.39 bits per heavy atom. The van der Waals surface area contributed by atoms with Crippen molar-refractivity contribution < 1.29 is 24.2 Å². The Kier molecular flexibility index (Phi) is 5.49. The van der Waals surface area contributed by atoms with Gasteiger partial charge in [-0.2, -0.15) is 5.10 Å². The Morgan fingerprint density at radius 2 is 1.79 bits per heavy atom. The first kappa shape index (κ1) is 19.2. The number of H-pyrrole nitrogens is 1. The number of carbonyl (C=O) groups excluding carboxylic acids is 1. The molecule has 8 nitrogen and oxygen atoms in total. The topological polar surface area (TPSA) is 105 Å². The van der Waals surface area contributed by atoms with Crippen LogP contribution in [-0.2, 0) is 11.3 Å². The van der Waals surface area contributed by atoms with Crippen LogP contribution in [0.5, 0.6) is 11.5 Å². The van der Waals surface area contributed by atoms with E-state index in [2.05, 4.69) is 10.2 Å². The molecule has 1 aromatic heterocycles. The summed E-state index contributed by atoms with van der Waals surface area (Å²) in [6, 6.07) is 8.83. The Labute approximate surface area is 161 Å². The molecule has 0 saturated heterocycles. The summed E-state index contributed by atoms with van der Waals surface area (Å²) >= 11 is 0. The lowest BCUT2D eigenvalue weighted by molar-refractivity contribution is -0.137. The van der Waals surface area contributed by atoms with E-state index in [0.717, 1.165) is 10.9 Å². The molecule has 2 N–H and O–H groups in total. The number of fused-ring (bicyclic) bond motifs is 1. The molecule has 146 valence electrons. The predicted octanol–water partition coefficient (Wildman–Crippen LogP) is 2.62. The normalized spacial score (nSPS) is 10.7. The number of aromatic nitrogens is 2. The average molecular weight is 383 g/mol. The third-order valence-electron chi connectivity index (χ3n) is 4.32. The van der Waals surface area contributed by atoms with Crippen LogP contribution in [0.4, 0.5) is 0 Å². The molecule has 0 unspecified atom stereocenters. The van der Waals surface area contributed by atoms with Crippen LogP contribution < -0.4 is 9.47 Å². The van der Waals surface area contributed by atoms with E-state index in [-0.39, 0.29) is 6.54 Å². The smallest absolute Gasteiger partial charge is 0.323 e. The highest BCUT2D eigenvalue weighted by Gasteiger charge is 2.22. The Balaban J connectivity index is 1.99. The van der Waals surface area contributed by atoms with Crippen LogP contribution in [0.3, 0.4) is 0 Å². The Hall–Kier alpha value is -3.55. The number of amides is 1. The van der Waals surface area contributed by atoms with Gasteiger partial charge >= 0.3 is 5.97 Å². The molecule has 1 heterocycles. The van der Waals surface area contributed by atoms with Crippen LogP contribution in [0, 0.1) is 6.92 Å². The maximum absolute atomic E-state index is 13.2. The summed E-state index contributed by atoms with van der Waals surface area (Å²) in [5.74, 6) is -0.383. The minimum atomic E-state index is -1.10. The lowest BCUT2D eigenvalue weighted by Gasteiger charge is -2.22. The third-order valence-corrected chi connectivity index (χ3v) is 4.32. The van der Waals surface area contributed by atoms with Gasteiger partial charge in [0.1, 0.15) is 18.0 Å². The van der Waals surface area contributed by atoms with E-state index < -0.39 is 18.4 Å². The zero-order valence-electron chi connectivity index (χ0n) is 15.9. The summed E-state index contributed by atoms with van der Waals surface area (Å²) in [4.78, 5) is 25.9. The van der Waals surface area contributed by atoms with E-state index >= 15 is 0 Å². The number of benzene rings is 2. The van der Waals surface area contributed by atoms with E-state index in [0.29, 0.717) is 28.1 Å². The minimum Gasteiger partial charge on any atom is -0.497 e. The molecule has 8 heteroatoms. The lowest BCUT2D eigenvalue weighted by Crippen LogP contribution is -2.35. The number of carbonyl (C=O) groups is 2. The minimum absolute atomic E-state index is 0.0856. The highest BCUT2D eigenvalue weighted by Crippen LogP contribution is 2.25. The fraction of sp³-hybridized carbons (Fsp3) is 0.250. The van der Waals surface area contributed by atoms with Crippen molar-refractivity contribution in [2.75, 3.05) is 20.8 Å². The molecular formula is C20H21N3O5. The first-order valence-electron chi connectivity index (χ1n) is 8.58. The number of hydrogen-bond donors (Lipinski definition) is 2. The van der Waals surface area contributed by atoms with Gasteiger partial charge in [-0.05, 0) is 42.3 Å². The van der Waals surface area contributed by atoms with Crippen molar-refractivity contribution in [3.63, 3.8) is 0 Å². The quantitative estimate of drug-likeness (QED) is 0.650. The zero-order valence-corrected chi connectivity index (χ0v) is 15.9. The molecule has 0 fully saturated rings. The van der Waals surface area contributed by atoms with Crippen LogP contribution >= 0.6 is 0 Å². The highest BCUT2D eigenvalue weighted by molar-refractivity contribution is 6.06. The summed E-state index contributed by atoms with van der Waals surface area (Å²) in [6.07, 6.45) is 1.63. The van der Waals surface area contributed by atoms with Gasteiger partial charge in [0, 0.05) is 18.0 Å². The molecular weight excluding hydrogens is 362 g/mol. The van der Waals surface area contributed by atoms with Gasteiger partial charge in [0.2, 0.25) is 0 Å². The van der Waals surface area contributed by atoms with Gasteiger partial charge in [-0.3, -0.25) is 14.7 Å². The second-order valence-corrected chi connectivity index (χ2v) is 6.42. The standard InChI is InChI=1S/C20H21N3O5/c1-12-4-14-9-21-22-19(14)17(5-12)20(26)23(11-18(24)25)10-13-6-15(27-2)8-16(7-13)28-3/h4-9H,10-11H2,1-3H3,(H,21,22)(H,24,25). The molecule has 3 rings (SSSR count). The molecule has 3 aromatic rings. The molecule has 0 aliphatic heterocycles. The van der Waals surface area contributed by atoms with E-state index in [1.165, 1.54) is 19.1 Å². The lowest BCUT2D eigenvalue weighted by atomic mass is 10.1. The monoisotopic (exact) mass is 383 g/mol. The number of nitrogens with one attached hydrogen (secondary N) is 1. The molecule has 0 aliphatic carbocycles. The fourth-order valence-electron chi connectivity index (χ4n) is 3.09. The van der Waals surface area contributed by atoms with Crippen molar-refractivity contribution in [1.29, 1.82) is 0 Å². The zero-order chi connectivity index (χ0) is 20.3. The number of ether oxygens (including phenoxy) is 2. The Morgan fingerprint density at radius 1 is 1.11 bits per heavy atom. The number of hydrogen-bond acceptors (Lipinski definition) is 5. The molecule has 0 radical (unpaired) electrons. The number of rotatable bonds is 7. The highest BCUT2D eigenvalue weighted by atomic mass is 16.5. The van der Waals surface area contributed by atoms with Gasteiger partial charge in [-0.25, -0.2) is 0 Å². The maximum atomic E-state index is 13.2. The van der Waals surface area contributed by atoms with Crippen molar-refractivity contribution in [2.24, 2.45) is 0 Å². The number of aryl methyl sites for hydroxylation is 1. The molecule has 0 spiro atoms. The van der Waals surface area contributed by atoms with Crippen molar-refractivity contribution in [1.82, 2.24) is 15.1 Å². The van der Waals surface area contributed by atoms with Crippen LogP contribution in [0.25, 0.3) is 10.9 Å². The van der Waals surface area contributed by atoms with E-state index in [4.69, 9.17) is 9.47 Å². The van der Waals surface area contributed by atoms with Crippen molar-refractivity contribution in [2.45, 2.75) is 13.5 Å². The summed E-state index contributed by atoms with van der Waals surface area (Å²) in [6.45, 7) is 1.52. The van der Waals surface area contributed by atoms with Gasteiger partial charge in [0.25, 0.3) is 5.91 Å². The fourth-order valence-corrected chi connectivity index (χ4v) is 3.09. The van der Waals surface area contributed by atoms with Crippen molar-refractivity contribution in [3.05, 3.63) is 53.2 Å². The summed E-state index contributed by atoms with van der Waals surface area (Å²) in [5.41, 5.74) is 2.53. The predicted molar refractivity (Wildman–Crippen MR) is 103 cm³/mol. The second kappa shape index (κ2) is 7.99. The van der Waals surface area contributed by atoms with Crippen LogP contribution in [0.2, 0.25) is 0 Å². The summed E-state index contributed by atoms with van der Waals surface area (Å²) in [7, 11) is 3.06. The number of carboxylic acid groups (broad SMARTS) is 1. The number of aromatic amines is 1.